The van der Waals surface area contributed by atoms with Gasteiger partial charge in [0, 0.05) is 29.7 Å². The van der Waals surface area contributed by atoms with E-state index in [0.29, 0.717) is 5.56 Å². The molecule has 0 saturated heterocycles. The van der Waals surface area contributed by atoms with Crippen LogP contribution in [-0.4, -0.2) is 20.4 Å². The highest BCUT2D eigenvalue weighted by Gasteiger charge is 2.17. The molecule has 0 unspecified atom stereocenters. The summed E-state index contributed by atoms with van der Waals surface area (Å²) in [5.41, 5.74) is 2.28. The van der Waals surface area contributed by atoms with Crippen molar-refractivity contribution in [2.24, 2.45) is 0 Å². The predicted molar refractivity (Wildman–Crippen MR) is 96.9 cm³/mol. The van der Waals surface area contributed by atoms with Crippen molar-refractivity contribution in [1.29, 1.82) is 0 Å². The first-order chi connectivity index (χ1) is 12.5. The summed E-state index contributed by atoms with van der Waals surface area (Å²) in [6, 6.07) is 13.8. The number of carbonyl (C=O) groups is 1. The van der Waals surface area contributed by atoms with E-state index in [1.165, 1.54) is 6.07 Å². The molecule has 0 aliphatic heterocycles. The number of nitrogens with zero attached hydrogens (tertiary/aromatic N) is 3. The van der Waals surface area contributed by atoms with Crippen LogP contribution in [0.3, 0.4) is 0 Å². The lowest BCUT2D eigenvalue weighted by Gasteiger charge is -2.15. The molecule has 0 aliphatic carbocycles. The Kier molecular flexibility index (Phi) is 5.07. The van der Waals surface area contributed by atoms with E-state index in [2.05, 4.69) is 10.3 Å². The lowest BCUT2D eigenvalue weighted by molar-refractivity contribution is -0.385. The maximum atomic E-state index is 12.3. The topological polar surface area (TPSA) is 90.1 Å². The quantitative estimate of drug-likeness (QED) is 0.546. The molecule has 2 aromatic carbocycles. The van der Waals surface area contributed by atoms with Gasteiger partial charge in [-0.15, -0.1) is 0 Å². The summed E-state index contributed by atoms with van der Waals surface area (Å²) in [4.78, 5) is 26.9. The smallest absolute Gasteiger partial charge is 0.273 e. The Hall–Kier alpha value is -3.48. The Balaban J connectivity index is 1.65. The van der Waals surface area contributed by atoms with Gasteiger partial charge in [0.2, 0.25) is 5.91 Å². The van der Waals surface area contributed by atoms with Gasteiger partial charge in [-0.25, -0.2) is 4.98 Å². The van der Waals surface area contributed by atoms with Crippen LogP contribution in [0.25, 0.3) is 5.69 Å². The average molecular weight is 350 g/mol. The number of hydrogen-bond donors (Lipinski definition) is 1. The zero-order valence-corrected chi connectivity index (χ0v) is 14.2. The predicted octanol–water partition coefficient (Wildman–Crippen LogP) is 3.20. The highest BCUT2D eigenvalue weighted by Crippen LogP contribution is 2.19. The van der Waals surface area contributed by atoms with Crippen LogP contribution in [0.5, 0.6) is 0 Å². The second-order valence-corrected chi connectivity index (χ2v) is 5.91. The molecule has 7 heteroatoms. The fourth-order valence-electron chi connectivity index (χ4n) is 2.73. The lowest BCUT2D eigenvalue weighted by atomic mass is 10.1. The lowest BCUT2D eigenvalue weighted by Crippen LogP contribution is -2.28. The normalized spacial score (nSPS) is 11.7. The van der Waals surface area contributed by atoms with Crippen LogP contribution >= 0.6 is 0 Å². The van der Waals surface area contributed by atoms with Gasteiger partial charge >= 0.3 is 0 Å². The summed E-state index contributed by atoms with van der Waals surface area (Å²) in [7, 11) is 0. The number of carbonyl (C=O) groups excluding carboxylic acids is 1. The Morgan fingerprint density at radius 1 is 1.23 bits per heavy atom. The number of nitrogens with one attached hydrogen (secondary N) is 1. The Morgan fingerprint density at radius 3 is 2.62 bits per heavy atom. The minimum atomic E-state index is -0.471. The molecule has 1 atom stereocenters. The van der Waals surface area contributed by atoms with E-state index in [0.717, 1.165) is 11.3 Å². The molecule has 0 bridgehead atoms. The second kappa shape index (κ2) is 7.60. The number of nitro groups is 1. The van der Waals surface area contributed by atoms with Gasteiger partial charge in [0.1, 0.15) is 0 Å². The van der Waals surface area contributed by atoms with Gasteiger partial charge in [-0.2, -0.15) is 0 Å². The van der Waals surface area contributed by atoms with E-state index in [1.54, 1.807) is 30.7 Å². The number of nitro benzene ring substituents is 1. The highest BCUT2D eigenvalue weighted by molar-refractivity contribution is 5.80. The van der Waals surface area contributed by atoms with Crippen molar-refractivity contribution in [2.75, 3.05) is 0 Å². The van der Waals surface area contributed by atoms with E-state index in [1.807, 2.05) is 42.0 Å². The SMILES string of the molecule is C[C@H](NC(=O)Cc1ccccc1[N+](=O)[O-])c1ccc(-n2ccnc2)cc1. The molecular formula is C19H18N4O3. The molecule has 0 radical (unpaired) electrons. The molecule has 1 amide bonds. The summed E-state index contributed by atoms with van der Waals surface area (Å²) in [6.45, 7) is 1.88. The molecule has 7 nitrogen and oxygen atoms in total. The van der Waals surface area contributed by atoms with Crippen molar-refractivity contribution in [3.63, 3.8) is 0 Å². The summed E-state index contributed by atoms with van der Waals surface area (Å²) in [5.74, 6) is -0.259. The fraction of sp³-hybridized carbons (Fsp3) is 0.158. The molecule has 0 aliphatic rings. The van der Waals surface area contributed by atoms with Crippen LogP contribution in [0, 0.1) is 10.1 Å². The first-order valence-corrected chi connectivity index (χ1v) is 8.14. The minimum Gasteiger partial charge on any atom is -0.349 e. The third-order valence-electron chi connectivity index (χ3n) is 4.11. The van der Waals surface area contributed by atoms with Crippen molar-refractivity contribution < 1.29 is 9.72 Å². The first-order valence-electron chi connectivity index (χ1n) is 8.14. The molecule has 0 saturated carbocycles. The number of benzene rings is 2. The number of imidazole rings is 1. The molecule has 1 aromatic heterocycles. The number of rotatable bonds is 6. The highest BCUT2D eigenvalue weighted by atomic mass is 16.6. The van der Waals surface area contributed by atoms with E-state index in [-0.39, 0.29) is 24.1 Å². The van der Waals surface area contributed by atoms with Gasteiger partial charge < -0.3 is 9.88 Å². The van der Waals surface area contributed by atoms with Gasteiger partial charge in [0.05, 0.1) is 23.7 Å². The third-order valence-corrected chi connectivity index (χ3v) is 4.11. The van der Waals surface area contributed by atoms with Crippen molar-refractivity contribution >= 4 is 11.6 Å². The monoisotopic (exact) mass is 350 g/mol. The molecule has 0 spiro atoms. The van der Waals surface area contributed by atoms with Crippen molar-refractivity contribution in [3.8, 4) is 5.69 Å². The van der Waals surface area contributed by atoms with E-state index < -0.39 is 4.92 Å². The number of para-hydroxylation sites is 1. The van der Waals surface area contributed by atoms with Crippen LogP contribution in [0.2, 0.25) is 0 Å². The van der Waals surface area contributed by atoms with E-state index in [9.17, 15) is 14.9 Å². The maximum absolute atomic E-state index is 12.3. The molecule has 1 N–H and O–H groups in total. The third kappa shape index (κ3) is 3.94. The Morgan fingerprint density at radius 2 is 1.96 bits per heavy atom. The molecule has 132 valence electrons. The van der Waals surface area contributed by atoms with Crippen LogP contribution in [0.4, 0.5) is 5.69 Å². The molecule has 3 rings (SSSR count). The van der Waals surface area contributed by atoms with Crippen molar-refractivity contribution in [2.45, 2.75) is 19.4 Å². The summed E-state index contributed by atoms with van der Waals surface area (Å²) >= 11 is 0. The van der Waals surface area contributed by atoms with Crippen LogP contribution in [-0.2, 0) is 11.2 Å². The average Bonchev–Trinajstić information content (AvgIpc) is 3.16. The van der Waals surface area contributed by atoms with Gasteiger partial charge in [-0.1, -0.05) is 30.3 Å². The minimum absolute atomic E-state index is 0.0331. The maximum Gasteiger partial charge on any atom is 0.273 e. The van der Waals surface area contributed by atoms with Crippen molar-refractivity contribution in [3.05, 3.63) is 88.5 Å². The van der Waals surface area contributed by atoms with E-state index >= 15 is 0 Å². The van der Waals surface area contributed by atoms with Crippen molar-refractivity contribution in [1.82, 2.24) is 14.9 Å². The van der Waals surface area contributed by atoms with Gasteiger partial charge in [-0.05, 0) is 24.6 Å². The summed E-state index contributed by atoms with van der Waals surface area (Å²) in [5, 5.41) is 13.9. The standard InChI is InChI=1S/C19H18N4O3/c1-14(15-6-8-17(9-7-15)22-11-10-20-13-22)21-19(24)12-16-4-2-3-5-18(16)23(25)26/h2-11,13-14H,12H2,1H3,(H,21,24)/t14-/m0/s1. The summed E-state index contributed by atoms with van der Waals surface area (Å²) < 4.78 is 1.89. The molecule has 26 heavy (non-hydrogen) atoms. The van der Waals surface area contributed by atoms with Gasteiger partial charge in [-0.3, -0.25) is 14.9 Å². The second-order valence-electron chi connectivity index (χ2n) is 5.91. The van der Waals surface area contributed by atoms with Gasteiger partial charge in [0.15, 0.2) is 0 Å². The van der Waals surface area contributed by atoms with Crippen LogP contribution in [0.1, 0.15) is 24.1 Å². The largest absolute Gasteiger partial charge is 0.349 e. The number of amides is 1. The summed E-state index contributed by atoms with van der Waals surface area (Å²) in [6.07, 6.45) is 5.24. The molecule has 1 heterocycles. The molecule has 0 fully saturated rings. The van der Waals surface area contributed by atoms with Crippen LogP contribution in [0.15, 0.2) is 67.3 Å². The fourth-order valence-corrected chi connectivity index (χ4v) is 2.73. The van der Waals surface area contributed by atoms with Gasteiger partial charge in [0.25, 0.3) is 5.69 Å². The first kappa shape index (κ1) is 17.3. The molecule has 3 aromatic rings. The van der Waals surface area contributed by atoms with E-state index in [4.69, 9.17) is 0 Å². The van der Waals surface area contributed by atoms with Crippen LogP contribution < -0.4 is 5.32 Å². The zero-order valence-electron chi connectivity index (χ0n) is 14.2. The Bertz CT molecular complexity index is 905. The number of hydrogen-bond acceptors (Lipinski definition) is 4. The number of aromatic nitrogens is 2. The molecular weight excluding hydrogens is 332 g/mol. The zero-order chi connectivity index (χ0) is 18.5. The Labute approximate surface area is 150 Å².